The number of carbonyl (C=O) groups excluding carboxylic acids is 1. The first-order valence-corrected chi connectivity index (χ1v) is 6.63. The zero-order valence-electron chi connectivity index (χ0n) is 12.5. The van der Waals surface area contributed by atoms with Crippen LogP contribution in [0.1, 0.15) is 34.5 Å². The topological polar surface area (TPSA) is 57.0 Å². The van der Waals surface area contributed by atoms with Gasteiger partial charge in [0.2, 0.25) is 0 Å². The Morgan fingerprint density at radius 2 is 1.96 bits per heavy atom. The summed E-state index contributed by atoms with van der Waals surface area (Å²) < 4.78 is 57.7. The number of aryl methyl sites for hydroxylation is 2. The SMILES string of the molecule is CCOC(=O)c1cc(-n2nc(C(F)(F)F)nc2C)c(F)cc1C. The first-order chi connectivity index (χ1) is 10.6. The summed E-state index contributed by atoms with van der Waals surface area (Å²) in [6.45, 7) is 4.47. The average Bonchev–Trinajstić information content (AvgIpc) is 2.81. The number of carbonyl (C=O) groups is 1. The summed E-state index contributed by atoms with van der Waals surface area (Å²) in [5, 5.41) is 3.28. The van der Waals surface area contributed by atoms with E-state index < -0.39 is 23.8 Å². The van der Waals surface area contributed by atoms with Crippen molar-refractivity contribution < 1.29 is 27.1 Å². The summed E-state index contributed by atoms with van der Waals surface area (Å²) in [5.74, 6) is -3.06. The maximum absolute atomic E-state index is 14.1. The lowest BCUT2D eigenvalue weighted by Crippen LogP contribution is -2.11. The summed E-state index contributed by atoms with van der Waals surface area (Å²) in [4.78, 5) is 15.1. The first-order valence-electron chi connectivity index (χ1n) is 6.63. The number of hydrogen-bond acceptors (Lipinski definition) is 4. The molecular formula is C14H13F4N3O2. The molecule has 0 saturated heterocycles. The lowest BCUT2D eigenvalue weighted by atomic mass is 10.1. The van der Waals surface area contributed by atoms with Gasteiger partial charge in [0.25, 0.3) is 5.82 Å². The van der Waals surface area contributed by atoms with Crippen molar-refractivity contribution in [3.8, 4) is 5.69 Å². The molecule has 0 spiro atoms. The zero-order valence-corrected chi connectivity index (χ0v) is 12.5. The van der Waals surface area contributed by atoms with Gasteiger partial charge < -0.3 is 4.74 Å². The monoisotopic (exact) mass is 331 g/mol. The molecule has 2 rings (SSSR count). The van der Waals surface area contributed by atoms with Crippen LogP contribution in [0.3, 0.4) is 0 Å². The molecule has 0 amide bonds. The lowest BCUT2D eigenvalue weighted by Gasteiger charge is -2.10. The van der Waals surface area contributed by atoms with Gasteiger partial charge in [0.1, 0.15) is 17.3 Å². The maximum atomic E-state index is 14.1. The number of esters is 1. The van der Waals surface area contributed by atoms with E-state index in [-0.39, 0.29) is 23.7 Å². The third-order valence-electron chi connectivity index (χ3n) is 3.04. The molecule has 0 unspecified atom stereocenters. The summed E-state index contributed by atoms with van der Waals surface area (Å²) in [5.41, 5.74) is 0.0457. The molecule has 0 atom stereocenters. The minimum Gasteiger partial charge on any atom is -0.462 e. The number of halogens is 4. The van der Waals surface area contributed by atoms with Gasteiger partial charge in [0.15, 0.2) is 0 Å². The van der Waals surface area contributed by atoms with Crippen molar-refractivity contribution in [2.24, 2.45) is 0 Å². The quantitative estimate of drug-likeness (QED) is 0.640. The molecule has 0 bridgehead atoms. The number of alkyl halides is 3. The van der Waals surface area contributed by atoms with E-state index in [4.69, 9.17) is 4.74 Å². The highest BCUT2D eigenvalue weighted by Gasteiger charge is 2.37. The maximum Gasteiger partial charge on any atom is 0.453 e. The number of rotatable bonds is 3. The van der Waals surface area contributed by atoms with Crippen LogP contribution in [-0.2, 0) is 10.9 Å². The molecule has 0 aliphatic carbocycles. The highest BCUT2D eigenvalue weighted by molar-refractivity contribution is 5.91. The van der Waals surface area contributed by atoms with Crippen LogP contribution in [0, 0.1) is 19.7 Å². The molecule has 124 valence electrons. The Labute approximate surface area is 128 Å². The molecule has 0 saturated carbocycles. The molecule has 23 heavy (non-hydrogen) atoms. The molecule has 1 aromatic carbocycles. The summed E-state index contributed by atoms with van der Waals surface area (Å²) in [7, 11) is 0. The fraction of sp³-hybridized carbons (Fsp3) is 0.357. The van der Waals surface area contributed by atoms with E-state index >= 15 is 0 Å². The average molecular weight is 331 g/mol. The molecular weight excluding hydrogens is 318 g/mol. The molecule has 2 aromatic rings. The standard InChI is InChI=1S/C14H13F4N3O2/c1-4-23-12(22)9-6-11(10(15)5-7(9)2)21-8(3)19-13(20-21)14(16,17)18/h5-6H,4H2,1-3H3. The molecule has 0 N–H and O–H groups in total. The largest absolute Gasteiger partial charge is 0.462 e. The Morgan fingerprint density at radius 3 is 2.48 bits per heavy atom. The van der Waals surface area contributed by atoms with E-state index in [0.717, 1.165) is 12.1 Å². The zero-order chi connectivity index (χ0) is 17.4. The smallest absolute Gasteiger partial charge is 0.453 e. The third-order valence-corrected chi connectivity index (χ3v) is 3.04. The highest BCUT2D eigenvalue weighted by Crippen LogP contribution is 2.28. The van der Waals surface area contributed by atoms with E-state index in [9.17, 15) is 22.4 Å². The predicted octanol–water partition coefficient (Wildman–Crippen LogP) is 3.22. The van der Waals surface area contributed by atoms with Crippen molar-refractivity contribution >= 4 is 5.97 Å². The molecule has 0 fully saturated rings. The van der Waals surface area contributed by atoms with Gasteiger partial charge in [0.05, 0.1) is 12.2 Å². The Bertz CT molecular complexity index is 753. The number of aromatic nitrogens is 3. The lowest BCUT2D eigenvalue weighted by molar-refractivity contribution is -0.144. The summed E-state index contributed by atoms with van der Waals surface area (Å²) in [6.07, 6.45) is -4.75. The van der Waals surface area contributed by atoms with Crippen molar-refractivity contribution in [2.45, 2.75) is 26.9 Å². The van der Waals surface area contributed by atoms with Gasteiger partial charge in [0, 0.05) is 0 Å². The number of ether oxygens (including phenoxy) is 1. The van der Waals surface area contributed by atoms with Gasteiger partial charge in [-0.15, -0.1) is 5.10 Å². The van der Waals surface area contributed by atoms with Crippen molar-refractivity contribution in [2.75, 3.05) is 6.61 Å². The fourth-order valence-electron chi connectivity index (χ4n) is 1.99. The second-order valence-corrected chi connectivity index (χ2v) is 4.73. The van der Waals surface area contributed by atoms with Gasteiger partial charge in [-0.2, -0.15) is 13.2 Å². The first kappa shape index (κ1) is 16.9. The Hall–Kier alpha value is -2.45. The molecule has 0 radical (unpaired) electrons. The van der Waals surface area contributed by atoms with Gasteiger partial charge in [-0.05, 0) is 38.5 Å². The summed E-state index contributed by atoms with van der Waals surface area (Å²) >= 11 is 0. The Balaban J connectivity index is 2.58. The van der Waals surface area contributed by atoms with Crippen LogP contribution < -0.4 is 0 Å². The van der Waals surface area contributed by atoms with Crippen LogP contribution in [0.15, 0.2) is 12.1 Å². The second-order valence-electron chi connectivity index (χ2n) is 4.73. The normalized spacial score (nSPS) is 11.6. The molecule has 0 aliphatic rings. The van der Waals surface area contributed by atoms with Gasteiger partial charge >= 0.3 is 12.1 Å². The van der Waals surface area contributed by atoms with Crippen LogP contribution in [0.25, 0.3) is 5.69 Å². The van der Waals surface area contributed by atoms with Crippen molar-refractivity contribution in [1.29, 1.82) is 0 Å². The minimum atomic E-state index is -4.75. The molecule has 0 aliphatic heterocycles. The van der Waals surface area contributed by atoms with Gasteiger partial charge in [-0.25, -0.2) is 18.9 Å². The minimum absolute atomic E-state index is 0.0479. The molecule has 1 heterocycles. The fourth-order valence-corrected chi connectivity index (χ4v) is 1.99. The predicted molar refractivity (Wildman–Crippen MR) is 71.7 cm³/mol. The van der Waals surface area contributed by atoms with Crippen molar-refractivity contribution in [1.82, 2.24) is 14.8 Å². The van der Waals surface area contributed by atoms with Crippen LogP contribution in [-0.4, -0.2) is 27.3 Å². The van der Waals surface area contributed by atoms with Crippen molar-refractivity contribution in [3.05, 3.63) is 40.7 Å². The number of nitrogens with zero attached hydrogens (tertiary/aromatic N) is 3. The highest BCUT2D eigenvalue weighted by atomic mass is 19.4. The summed E-state index contributed by atoms with van der Waals surface area (Å²) in [6, 6.07) is 2.14. The van der Waals surface area contributed by atoms with Crippen LogP contribution in [0.5, 0.6) is 0 Å². The Morgan fingerprint density at radius 1 is 1.30 bits per heavy atom. The van der Waals surface area contributed by atoms with Crippen LogP contribution in [0.2, 0.25) is 0 Å². The number of hydrogen-bond donors (Lipinski definition) is 0. The second kappa shape index (κ2) is 5.98. The van der Waals surface area contributed by atoms with Gasteiger partial charge in [-0.3, -0.25) is 0 Å². The number of benzene rings is 1. The van der Waals surface area contributed by atoms with Gasteiger partial charge in [-0.1, -0.05) is 0 Å². The molecule has 9 heteroatoms. The Kier molecular flexibility index (Phi) is 4.39. The van der Waals surface area contributed by atoms with E-state index in [2.05, 4.69) is 10.1 Å². The molecule has 1 aromatic heterocycles. The van der Waals surface area contributed by atoms with E-state index in [1.807, 2.05) is 0 Å². The van der Waals surface area contributed by atoms with Crippen LogP contribution in [0.4, 0.5) is 17.6 Å². The van der Waals surface area contributed by atoms with Crippen molar-refractivity contribution in [3.63, 3.8) is 0 Å². The third kappa shape index (κ3) is 3.33. The van der Waals surface area contributed by atoms with E-state index in [0.29, 0.717) is 10.2 Å². The molecule has 5 nitrogen and oxygen atoms in total. The van der Waals surface area contributed by atoms with E-state index in [1.54, 1.807) is 6.92 Å². The van der Waals surface area contributed by atoms with Crippen LogP contribution >= 0.6 is 0 Å². The van der Waals surface area contributed by atoms with E-state index in [1.165, 1.54) is 13.8 Å².